The van der Waals surface area contributed by atoms with Crippen molar-refractivity contribution in [2.45, 2.75) is 56.9 Å². The van der Waals surface area contributed by atoms with E-state index < -0.39 is 0 Å². The second-order valence-corrected chi connectivity index (χ2v) is 6.49. The lowest BCUT2D eigenvalue weighted by atomic mass is 9.95. The Balaban J connectivity index is 2.09. The summed E-state index contributed by atoms with van der Waals surface area (Å²) >= 11 is 1.56. The van der Waals surface area contributed by atoms with Crippen molar-refractivity contribution < 1.29 is 4.79 Å². The first-order chi connectivity index (χ1) is 9.66. The van der Waals surface area contributed by atoms with Crippen molar-refractivity contribution in [2.75, 3.05) is 0 Å². The molecule has 1 N–H and O–H groups in total. The Kier molecular flexibility index (Phi) is 5.72. The molecule has 0 saturated heterocycles. The van der Waals surface area contributed by atoms with Gasteiger partial charge in [0.25, 0.3) is 0 Å². The molecule has 1 aliphatic carbocycles. The molecule has 108 valence electrons. The molecule has 0 radical (unpaired) electrons. The Labute approximate surface area is 126 Å². The van der Waals surface area contributed by atoms with Crippen molar-refractivity contribution in [3.05, 3.63) is 40.9 Å². The molecule has 0 atom stereocenters. The Morgan fingerprint density at radius 2 is 1.75 bits per heavy atom. The van der Waals surface area contributed by atoms with E-state index in [4.69, 9.17) is 0 Å². The van der Waals surface area contributed by atoms with Gasteiger partial charge < -0.3 is 5.32 Å². The Morgan fingerprint density at radius 3 is 2.35 bits per heavy atom. The molecule has 3 heteroatoms. The van der Waals surface area contributed by atoms with Gasteiger partial charge in [-0.1, -0.05) is 49.2 Å². The average Bonchev–Trinajstić information content (AvgIpc) is 2.46. The summed E-state index contributed by atoms with van der Waals surface area (Å²) in [5.74, 6) is 0.139. The number of carbonyl (C=O) groups excluding carboxylic acids is 1. The van der Waals surface area contributed by atoms with Crippen LogP contribution in [0.1, 0.15) is 46.0 Å². The molecule has 1 fully saturated rings. The zero-order chi connectivity index (χ0) is 14.4. The molecule has 20 heavy (non-hydrogen) atoms. The molecule has 1 aromatic rings. The minimum Gasteiger partial charge on any atom is -0.385 e. The van der Waals surface area contributed by atoms with Crippen LogP contribution in [0.2, 0.25) is 0 Å². The van der Waals surface area contributed by atoms with Gasteiger partial charge in [-0.15, -0.1) is 0 Å². The van der Waals surface area contributed by atoms with E-state index >= 15 is 0 Å². The van der Waals surface area contributed by atoms with Crippen LogP contribution in [0, 0.1) is 0 Å². The van der Waals surface area contributed by atoms with Gasteiger partial charge in [0.1, 0.15) is 0 Å². The molecule has 2 nitrogen and oxygen atoms in total. The summed E-state index contributed by atoms with van der Waals surface area (Å²) in [6, 6.07) is 10.6. The highest BCUT2D eigenvalue weighted by molar-refractivity contribution is 8.04. The van der Waals surface area contributed by atoms with Gasteiger partial charge in [0.05, 0.1) is 4.91 Å². The zero-order valence-corrected chi connectivity index (χ0v) is 13.1. The van der Waals surface area contributed by atoms with Gasteiger partial charge in [-0.3, -0.25) is 4.79 Å². The SMILES string of the molecule is CC(=O)/C(Sc1ccccc1)=C(/C)NC1CCCCC1. The van der Waals surface area contributed by atoms with E-state index in [-0.39, 0.29) is 5.78 Å². The second-order valence-electron chi connectivity index (χ2n) is 5.40. The van der Waals surface area contributed by atoms with Crippen molar-refractivity contribution >= 4 is 17.5 Å². The number of Topliss-reactive ketones (excluding diaryl/α,β-unsaturated/α-hetero) is 1. The lowest BCUT2D eigenvalue weighted by Gasteiger charge is -2.25. The van der Waals surface area contributed by atoms with Crippen molar-refractivity contribution in [3.8, 4) is 0 Å². The fourth-order valence-corrected chi connectivity index (χ4v) is 3.52. The summed E-state index contributed by atoms with van der Waals surface area (Å²) in [5, 5.41) is 3.56. The Hall–Kier alpha value is -1.22. The summed E-state index contributed by atoms with van der Waals surface area (Å²) in [4.78, 5) is 13.9. The predicted octanol–water partition coefficient (Wildman–Crippen LogP) is 4.52. The molecule has 0 aromatic heterocycles. The smallest absolute Gasteiger partial charge is 0.168 e. The number of hydrogen-bond acceptors (Lipinski definition) is 3. The minimum absolute atomic E-state index is 0.139. The number of thioether (sulfide) groups is 1. The summed E-state index contributed by atoms with van der Waals surface area (Å²) in [6.07, 6.45) is 6.38. The van der Waals surface area contributed by atoms with Crippen LogP contribution < -0.4 is 5.32 Å². The third-order valence-corrected chi connectivity index (χ3v) is 4.95. The van der Waals surface area contributed by atoms with E-state index in [9.17, 15) is 4.79 Å². The quantitative estimate of drug-likeness (QED) is 0.638. The first-order valence-corrected chi connectivity index (χ1v) is 8.19. The fraction of sp³-hybridized carbons (Fsp3) is 0.471. The topological polar surface area (TPSA) is 29.1 Å². The lowest BCUT2D eigenvalue weighted by molar-refractivity contribution is -0.113. The molecule has 1 aliphatic rings. The monoisotopic (exact) mass is 289 g/mol. The summed E-state index contributed by atoms with van der Waals surface area (Å²) in [5.41, 5.74) is 1.03. The molecular formula is C17H23NOS. The molecule has 1 saturated carbocycles. The van der Waals surface area contributed by atoms with Gasteiger partial charge in [0.2, 0.25) is 0 Å². The molecular weight excluding hydrogens is 266 g/mol. The standard InChI is InChI=1S/C17H23NOS/c1-13(18-15-9-5-3-6-10-15)17(14(2)19)20-16-11-7-4-8-12-16/h4,7-8,11-12,15,18H,3,5-6,9-10H2,1-2H3/b17-13+. The number of ketones is 1. The van der Waals surface area contributed by atoms with Gasteiger partial charge in [-0.2, -0.15) is 0 Å². The number of carbonyl (C=O) groups is 1. The van der Waals surface area contributed by atoms with Gasteiger partial charge in [-0.05, 0) is 38.8 Å². The zero-order valence-electron chi connectivity index (χ0n) is 12.3. The van der Waals surface area contributed by atoms with Crippen LogP contribution in [0.4, 0.5) is 0 Å². The van der Waals surface area contributed by atoms with Crippen molar-refractivity contribution in [2.24, 2.45) is 0 Å². The number of benzene rings is 1. The molecule has 0 aliphatic heterocycles. The van der Waals surface area contributed by atoms with Crippen LogP contribution in [0.15, 0.2) is 45.8 Å². The van der Waals surface area contributed by atoms with Crippen molar-refractivity contribution in [1.29, 1.82) is 0 Å². The highest BCUT2D eigenvalue weighted by atomic mass is 32.2. The highest BCUT2D eigenvalue weighted by Gasteiger charge is 2.16. The lowest BCUT2D eigenvalue weighted by Crippen LogP contribution is -2.30. The van der Waals surface area contributed by atoms with Gasteiger partial charge in [-0.25, -0.2) is 0 Å². The maximum Gasteiger partial charge on any atom is 0.168 e. The molecule has 0 unspecified atom stereocenters. The normalized spacial score (nSPS) is 17.5. The number of allylic oxidation sites excluding steroid dienone is 2. The Bertz CT molecular complexity index is 475. The van der Waals surface area contributed by atoms with Crippen molar-refractivity contribution in [3.63, 3.8) is 0 Å². The van der Waals surface area contributed by atoms with Gasteiger partial charge >= 0.3 is 0 Å². The van der Waals surface area contributed by atoms with Crippen LogP contribution in [0.25, 0.3) is 0 Å². The number of nitrogens with one attached hydrogen (secondary N) is 1. The minimum atomic E-state index is 0.139. The van der Waals surface area contributed by atoms with E-state index in [1.165, 1.54) is 32.1 Å². The van der Waals surface area contributed by atoms with Crippen LogP contribution in [-0.2, 0) is 4.79 Å². The molecule has 0 heterocycles. The Morgan fingerprint density at radius 1 is 1.10 bits per heavy atom. The first-order valence-electron chi connectivity index (χ1n) is 7.38. The summed E-state index contributed by atoms with van der Waals surface area (Å²) in [7, 11) is 0. The van der Waals surface area contributed by atoms with E-state index in [2.05, 4.69) is 5.32 Å². The van der Waals surface area contributed by atoms with E-state index in [1.54, 1.807) is 18.7 Å². The van der Waals surface area contributed by atoms with Crippen LogP contribution in [0.3, 0.4) is 0 Å². The van der Waals surface area contributed by atoms with Crippen LogP contribution >= 0.6 is 11.8 Å². The second kappa shape index (κ2) is 7.53. The third kappa shape index (κ3) is 4.41. The van der Waals surface area contributed by atoms with E-state index in [0.29, 0.717) is 6.04 Å². The first kappa shape index (κ1) is 15.2. The molecule has 1 aromatic carbocycles. The van der Waals surface area contributed by atoms with Crippen LogP contribution in [0.5, 0.6) is 0 Å². The maximum atomic E-state index is 11.9. The van der Waals surface area contributed by atoms with Gasteiger partial charge in [0.15, 0.2) is 5.78 Å². The average molecular weight is 289 g/mol. The predicted molar refractivity (Wildman–Crippen MR) is 85.7 cm³/mol. The number of hydrogen-bond donors (Lipinski definition) is 1. The van der Waals surface area contributed by atoms with Gasteiger partial charge in [0, 0.05) is 16.6 Å². The fourth-order valence-electron chi connectivity index (χ4n) is 2.64. The molecule has 0 spiro atoms. The number of rotatable bonds is 5. The largest absolute Gasteiger partial charge is 0.385 e. The molecule has 0 bridgehead atoms. The third-order valence-electron chi connectivity index (χ3n) is 3.65. The highest BCUT2D eigenvalue weighted by Crippen LogP contribution is 2.29. The van der Waals surface area contributed by atoms with E-state index in [0.717, 1.165) is 15.5 Å². The summed E-state index contributed by atoms with van der Waals surface area (Å²) < 4.78 is 0. The molecule has 0 amide bonds. The summed E-state index contributed by atoms with van der Waals surface area (Å²) in [6.45, 7) is 3.68. The van der Waals surface area contributed by atoms with Crippen molar-refractivity contribution in [1.82, 2.24) is 5.32 Å². The van der Waals surface area contributed by atoms with E-state index in [1.807, 2.05) is 37.3 Å². The molecule has 2 rings (SSSR count). The van der Waals surface area contributed by atoms with Crippen LogP contribution in [-0.4, -0.2) is 11.8 Å². The maximum absolute atomic E-state index is 11.9.